The van der Waals surface area contributed by atoms with E-state index in [4.69, 9.17) is 16.3 Å². The van der Waals surface area contributed by atoms with Gasteiger partial charge in [0.1, 0.15) is 18.1 Å². The number of benzene rings is 2. The molecule has 1 aromatic heterocycles. The van der Waals surface area contributed by atoms with E-state index in [1.807, 2.05) is 68.4 Å². The predicted octanol–water partition coefficient (Wildman–Crippen LogP) is 5.24. The SMILES string of the molecule is CCN1C(=O)N/C(=C/c2cc(C)n(-c3ccc(OCc4ccccc4Cl)cc3)c2C)C1=O. The number of nitrogens with one attached hydrogen (secondary N) is 1. The molecule has 32 heavy (non-hydrogen) atoms. The van der Waals surface area contributed by atoms with Gasteiger partial charge in [-0.2, -0.15) is 0 Å². The van der Waals surface area contributed by atoms with Crippen molar-refractivity contribution in [3.05, 3.63) is 87.8 Å². The van der Waals surface area contributed by atoms with Crippen LogP contribution in [-0.2, 0) is 11.4 Å². The number of hydrogen-bond acceptors (Lipinski definition) is 3. The molecule has 0 radical (unpaired) electrons. The molecule has 1 fully saturated rings. The van der Waals surface area contributed by atoms with Crippen molar-refractivity contribution in [2.45, 2.75) is 27.4 Å². The molecule has 0 aliphatic carbocycles. The summed E-state index contributed by atoms with van der Waals surface area (Å²) in [6.07, 6.45) is 1.73. The molecule has 2 aromatic carbocycles. The molecule has 3 aromatic rings. The lowest BCUT2D eigenvalue weighted by molar-refractivity contribution is -0.122. The highest BCUT2D eigenvalue weighted by atomic mass is 35.5. The molecule has 0 bridgehead atoms. The summed E-state index contributed by atoms with van der Waals surface area (Å²) in [6, 6.07) is 17.0. The zero-order chi connectivity index (χ0) is 22.8. The highest BCUT2D eigenvalue weighted by molar-refractivity contribution is 6.31. The Bertz CT molecular complexity index is 1210. The van der Waals surface area contributed by atoms with Crippen LogP contribution in [0.3, 0.4) is 0 Å². The summed E-state index contributed by atoms with van der Waals surface area (Å²) >= 11 is 6.19. The van der Waals surface area contributed by atoms with Gasteiger partial charge in [-0.25, -0.2) is 4.79 Å². The number of urea groups is 1. The number of carbonyl (C=O) groups excluding carboxylic acids is 2. The van der Waals surface area contributed by atoms with Gasteiger partial charge in [0.25, 0.3) is 5.91 Å². The van der Waals surface area contributed by atoms with Crippen molar-refractivity contribution in [2.24, 2.45) is 0 Å². The van der Waals surface area contributed by atoms with E-state index in [0.717, 1.165) is 34.0 Å². The second-order valence-electron chi connectivity index (χ2n) is 7.57. The number of nitrogens with zero attached hydrogens (tertiary/aromatic N) is 2. The molecular weight excluding hydrogens is 426 g/mol. The van der Waals surface area contributed by atoms with Crippen LogP contribution in [0.4, 0.5) is 4.79 Å². The molecule has 4 rings (SSSR count). The molecule has 3 amide bonds. The summed E-state index contributed by atoms with van der Waals surface area (Å²) in [6.45, 7) is 6.50. The fourth-order valence-electron chi connectivity index (χ4n) is 3.81. The Morgan fingerprint density at radius 2 is 1.78 bits per heavy atom. The van der Waals surface area contributed by atoms with E-state index >= 15 is 0 Å². The Labute approximate surface area is 192 Å². The Hall–Kier alpha value is -3.51. The number of amides is 3. The fraction of sp³-hybridized carbons (Fsp3) is 0.200. The number of hydrogen-bond donors (Lipinski definition) is 1. The first-order chi connectivity index (χ1) is 15.4. The van der Waals surface area contributed by atoms with E-state index in [2.05, 4.69) is 9.88 Å². The molecule has 1 N–H and O–H groups in total. The molecular formula is C25H24ClN3O3. The second kappa shape index (κ2) is 8.93. The smallest absolute Gasteiger partial charge is 0.328 e. The first kappa shape index (κ1) is 21.7. The summed E-state index contributed by atoms with van der Waals surface area (Å²) in [7, 11) is 0. The van der Waals surface area contributed by atoms with Gasteiger partial charge in [-0.05, 0) is 68.8 Å². The molecule has 0 saturated carbocycles. The van der Waals surface area contributed by atoms with E-state index in [9.17, 15) is 9.59 Å². The number of imide groups is 1. The zero-order valence-electron chi connectivity index (χ0n) is 18.2. The molecule has 1 saturated heterocycles. The molecule has 2 heterocycles. The summed E-state index contributed by atoms with van der Waals surface area (Å²) in [4.78, 5) is 25.5. The van der Waals surface area contributed by atoms with Crippen LogP contribution in [0.25, 0.3) is 11.8 Å². The molecule has 1 aliphatic heterocycles. The lowest BCUT2D eigenvalue weighted by atomic mass is 10.2. The average Bonchev–Trinajstić information content (AvgIpc) is 3.21. The summed E-state index contributed by atoms with van der Waals surface area (Å²) in [5.74, 6) is 0.444. The van der Waals surface area contributed by atoms with Crippen molar-refractivity contribution in [3.8, 4) is 11.4 Å². The lowest BCUT2D eigenvalue weighted by Crippen LogP contribution is -2.30. The van der Waals surface area contributed by atoms with Crippen LogP contribution in [0.1, 0.15) is 29.4 Å². The van der Waals surface area contributed by atoms with Crippen molar-refractivity contribution in [3.63, 3.8) is 0 Å². The average molecular weight is 450 g/mol. The van der Waals surface area contributed by atoms with Crippen molar-refractivity contribution in [1.29, 1.82) is 0 Å². The van der Waals surface area contributed by atoms with Gasteiger partial charge >= 0.3 is 6.03 Å². The lowest BCUT2D eigenvalue weighted by Gasteiger charge is -2.12. The highest BCUT2D eigenvalue weighted by Gasteiger charge is 2.32. The fourth-order valence-corrected chi connectivity index (χ4v) is 4.00. The van der Waals surface area contributed by atoms with E-state index < -0.39 is 0 Å². The van der Waals surface area contributed by atoms with Crippen LogP contribution in [0.15, 0.2) is 60.3 Å². The van der Waals surface area contributed by atoms with Crippen molar-refractivity contribution in [1.82, 2.24) is 14.8 Å². The Balaban J connectivity index is 1.54. The summed E-state index contributed by atoms with van der Waals surface area (Å²) in [5, 5.41) is 3.33. The van der Waals surface area contributed by atoms with Crippen LogP contribution in [0, 0.1) is 13.8 Å². The van der Waals surface area contributed by atoms with Crippen LogP contribution in [-0.4, -0.2) is 28.0 Å². The molecule has 0 spiro atoms. The Morgan fingerprint density at radius 1 is 1.06 bits per heavy atom. The summed E-state index contributed by atoms with van der Waals surface area (Å²) < 4.78 is 7.98. The first-order valence-corrected chi connectivity index (χ1v) is 10.8. The molecule has 0 atom stereocenters. The van der Waals surface area contributed by atoms with E-state index in [-0.39, 0.29) is 11.9 Å². The van der Waals surface area contributed by atoms with Crippen LogP contribution in [0.2, 0.25) is 5.02 Å². The number of aryl methyl sites for hydroxylation is 1. The topological polar surface area (TPSA) is 63.6 Å². The van der Waals surface area contributed by atoms with Crippen molar-refractivity contribution >= 4 is 29.6 Å². The van der Waals surface area contributed by atoms with Gasteiger partial charge in [0.05, 0.1) is 0 Å². The third-order valence-electron chi connectivity index (χ3n) is 5.50. The number of likely N-dealkylation sites (N-methyl/N-ethyl adjacent to an activating group) is 1. The maximum atomic E-state index is 12.4. The Kier molecular flexibility index (Phi) is 6.06. The van der Waals surface area contributed by atoms with Crippen LogP contribution in [0.5, 0.6) is 5.75 Å². The van der Waals surface area contributed by atoms with Gasteiger partial charge in [0.15, 0.2) is 0 Å². The largest absolute Gasteiger partial charge is 0.489 e. The number of rotatable bonds is 6. The van der Waals surface area contributed by atoms with E-state index in [1.165, 1.54) is 4.90 Å². The van der Waals surface area contributed by atoms with Gasteiger partial charge in [0.2, 0.25) is 0 Å². The monoisotopic (exact) mass is 449 g/mol. The second-order valence-corrected chi connectivity index (χ2v) is 7.98. The van der Waals surface area contributed by atoms with E-state index in [0.29, 0.717) is 23.9 Å². The minimum Gasteiger partial charge on any atom is -0.489 e. The normalized spacial score (nSPS) is 14.9. The van der Waals surface area contributed by atoms with Gasteiger partial charge in [-0.15, -0.1) is 0 Å². The third-order valence-corrected chi connectivity index (χ3v) is 5.86. The maximum Gasteiger partial charge on any atom is 0.328 e. The van der Waals surface area contributed by atoms with Gasteiger partial charge < -0.3 is 14.6 Å². The number of aromatic nitrogens is 1. The predicted molar refractivity (Wildman–Crippen MR) is 125 cm³/mol. The van der Waals surface area contributed by atoms with Gasteiger partial charge in [-0.3, -0.25) is 9.69 Å². The Morgan fingerprint density at radius 3 is 2.44 bits per heavy atom. The number of ether oxygens (including phenoxy) is 1. The van der Waals surface area contributed by atoms with Crippen LogP contribution < -0.4 is 10.1 Å². The highest BCUT2D eigenvalue weighted by Crippen LogP contribution is 2.26. The van der Waals surface area contributed by atoms with Gasteiger partial charge in [0, 0.05) is 34.2 Å². The first-order valence-electron chi connectivity index (χ1n) is 10.4. The minimum absolute atomic E-state index is 0.292. The minimum atomic E-state index is -0.384. The molecule has 1 aliphatic rings. The molecule has 0 unspecified atom stereocenters. The zero-order valence-corrected chi connectivity index (χ0v) is 18.9. The molecule has 7 heteroatoms. The third kappa shape index (κ3) is 4.14. The maximum absolute atomic E-state index is 12.4. The standard InChI is InChI=1S/C25H24ClN3O3/c1-4-28-24(30)23(27-25(28)31)14-19-13-16(2)29(17(19)3)20-9-11-21(12-10-20)32-15-18-7-5-6-8-22(18)26/h5-14H,4,15H2,1-3H3,(H,27,31)/b23-14+. The van der Waals surface area contributed by atoms with Gasteiger partial charge in [-0.1, -0.05) is 29.8 Å². The quantitative estimate of drug-likeness (QED) is 0.413. The molecule has 164 valence electrons. The number of halogens is 1. The molecule has 6 nitrogen and oxygen atoms in total. The number of carbonyl (C=O) groups is 2. The van der Waals surface area contributed by atoms with Crippen LogP contribution >= 0.6 is 11.6 Å². The summed E-state index contributed by atoms with van der Waals surface area (Å²) in [5.41, 5.74) is 5.07. The van der Waals surface area contributed by atoms with E-state index in [1.54, 1.807) is 13.0 Å². The van der Waals surface area contributed by atoms with Crippen molar-refractivity contribution < 1.29 is 14.3 Å². The van der Waals surface area contributed by atoms with Crippen molar-refractivity contribution in [2.75, 3.05) is 6.54 Å².